The number of methoxy groups -OCH3 is 1. The van der Waals surface area contributed by atoms with Crippen molar-refractivity contribution in [1.29, 1.82) is 0 Å². The SMILES string of the molecule is COc1cc(C)c2c(n1)NC(C(=O)N1CCc3ncccc3C1)N2. The summed E-state index contributed by atoms with van der Waals surface area (Å²) >= 11 is 0. The Morgan fingerprint density at radius 1 is 1.42 bits per heavy atom. The molecule has 0 aliphatic carbocycles. The fourth-order valence-corrected chi connectivity index (χ4v) is 3.21. The van der Waals surface area contributed by atoms with Crippen LogP contribution < -0.4 is 15.4 Å². The highest BCUT2D eigenvalue weighted by Gasteiger charge is 2.33. The van der Waals surface area contributed by atoms with Gasteiger partial charge in [0.15, 0.2) is 12.0 Å². The number of anilines is 2. The van der Waals surface area contributed by atoms with Crippen LogP contribution in [0, 0.1) is 6.92 Å². The smallest absolute Gasteiger partial charge is 0.266 e. The highest BCUT2D eigenvalue weighted by atomic mass is 16.5. The van der Waals surface area contributed by atoms with Crippen LogP contribution in [0.25, 0.3) is 0 Å². The molecule has 1 unspecified atom stereocenters. The molecular formula is C17H19N5O2. The summed E-state index contributed by atoms with van der Waals surface area (Å²) in [5, 5.41) is 6.40. The lowest BCUT2D eigenvalue weighted by molar-refractivity contribution is -0.132. The van der Waals surface area contributed by atoms with E-state index in [0.29, 0.717) is 24.8 Å². The minimum absolute atomic E-state index is 0.0147. The Kier molecular flexibility index (Phi) is 3.48. The molecule has 7 heteroatoms. The number of nitrogens with one attached hydrogen (secondary N) is 2. The Labute approximate surface area is 140 Å². The monoisotopic (exact) mass is 325 g/mol. The van der Waals surface area contributed by atoms with E-state index in [-0.39, 0.29) is 5.91 Å². The largest absolute Gasteiger partial charge is 0.481 e. The van der Waals surface area contributed by atoms with Crippen LogP contribution in [-0.2, 0) is 17.8 Å². The van der Waals surface area contributed by atoms with Gasteiger partial charge in [-0.15, -0.1) is 0 Å². The lowest BCUT2D eigenvalue weighted by atomic mass is 10.1. The van der Waals surface area contributed by atoms with Crippen LogP contribution in [0.15, 0.2) is 24.4 Å². The number of carbonyl (C=O) groups is 1. The molecule has 2 aliphatic heterocycles. The first-order valence-corrected chi connectivity index (χ1v) is 7.96. The Bertz CT molecular complexity index is 808. The summed E-state index contributed by atoms with van der Waals surface area (Å²) in [6, 6.07) is 5.79. The Balaban J connectivity index is 1.52. The Morgan fingerprint density at radius 3 is 3.12 bits per heavy atom. The topological polar surface area (TPSA) is 79.4 Å². The third-order valence-electron chi connectivity index (χ3n) is 4.49. The molecule has 0 aromatic carbocycles. The molecule has 2 aromatic heterocycles. The molecule has 2 aromatic rings. The molecule has 1 atom stereocenters. The molecule has 0 radical (unpaired) electrons. The zero-order valence-corrected chi connectivity index (χ0v) is 13.7. The normalized spacial score (nSPS) is 18.2. The molecule has 2 N–H and O–H groups in total. The van der Waals surface area contributed by atoms with Crippen LogP contribution in [0.1, 0.15) is 16.8 Å². The van der Waals surface area contributed by atoms with Gasteiger partial charge >= 0.3 is 0 Å². The van der Waals surface area contributed by atoms with Crippen molar-refractivity contribution in [3.8, 4) is 5.88 Å². The van der Waals surface area contributed by atoms with Gasteiger partial charge in [-0.25, -0.2) is 0 Å². The number of fused-ring (bicyclic) bond motifs is 2. The number of pyridine rings is 2. The quantitative estimate of drug-likeness (QED) is 0.872. The van der Waals surface area contributed by atoms with Crippen LogP contribution in [-0.4, -0.2) is 40.6 Å². The number of amides is 1. The van der Waals surface area contributed by atoms with Gasteiger partial charge in [-0.2, -0.15) is 4.98 Å². The lowest BCUT2D eigenvalue weighted by Gasteiger charge is -2.30. The number of ether oxygens (including phenoxy) is 1. The second-order valence-corrected chi connectivity index (χ2v) is 6.05. The van der Waals surface area contributed by atoms with Gasteiger partial charge in [0.1, 0.15) is 0 Å². The van der Waals surface area contributed by atoms with Crippen molar-refractivity contribution in [1.82, 2.24) is 14.9 Å². The Morgan fingerprint density at radius 2 is 2.29 bits per heavy atom. The van der Waals surface area contributed by atoms with Crippen molar-refractivity contribution in [3.63, 3.8) is 0 Å². The van der Waals surface area contributed by atoms with Gasteiger partial charge < -0.3 is 20.3 Å². The van der Waals surface area contributed by atoms with Gasteiger partial charge in [0.2, 0.25) is 5.88 Å². The van der Waals surface area contributed by atoms with E-state index in [1.54, 1.807) is 13.3 Å². The van der Waals surface area contributed by atoms with Crippen molar-refractivity contribution in [2.75, 3.05) is 24.3 Å². The summed E-state index contributed by atoms with van der Waals surface area (Å²) < 4.78 is 5.19. The maximum Gasteiger partial charge on any atom is 0.266 e. The molecule has 1 amide bonds. The molecule has 0 saturated heterocycles. The van der Waals surface area contributed by atoms with Crippen LogP contribution in [0.2, 0.25) is 0 Å². The highest BCUT2D eigenvalue weighted by molar-refractivity contribution is 5.92. The maximum atomic E-state index is 12.9. The second-order valence-electron chi connectivity index (χ2n) is 6.05. The standard InChI is InChI=1S/C17H19N5O2/c1-10-8-13(24-2)19-15-14(10)20-16(21-15)17(23)22-7-5-12-11(9-22)4-3-6-18-12/h3-4,6,8,16,20H,5,7,9H2,1-2H3,(H,19,21). The number of hydrogen-bond acceptors (Lipinski definition) is 6. The summed E-state index contributed by atoms with van der Waals surface area (Å²) in [6.07, 6.45) is 2.08. The maximum absolute atomic E-state index is 12.9. The first-order valence-electron chi connectivity index (χ1n) is 7.96. The van der Waals surface area contributed by atoms with Crippen molar-refractivity contribution in [2.24, 2.45) is 0 Å². The van der Waals surface area contributed by atoms with Crippen LogP contribution >= 0.6 is 0 Å². The first-order chi connectivity index (χ1) is 11.7. The average molecular weight is 325 g/mol. The summed E-state index contributed by atoms with van der Waals surface area (Å²) in [7, 11) is 1.58. The number of rotatable bonds is 2. The van der Waals surface area contributed by atoms with E-state index < -0.39 is 6.17 Å². The predicted octanol–water partition coefficient (Wildman–Crippen LogP) is 1.54. The number of aromatic nitrogens is 2. The minimum atomic E-state index is -0.503. The average Bonchev–Trinajstić information content (AvgIpc) is 3.05. The minimum Gasteiger partial charge on any atom is -0.481 e. The van der Waals surface area contributed by atoms with Crippen LogP contribution in [0.3, 0.4) is 0 Å². The third-order valence-corrected chi connectivity index (χ3v) is 4.49. The van der Waals surface area contributed by atoms with E-state index in [2.05, 4.69) is 20.6 Å². The lowest BCUT2D eigenvalue weighted by Crippen LogP contribution is -2.46. The van der Waals surface area contributed by atoms with Crippen molar-refractivity contribution in [2.45, 2.75) is 26.1 Å². The molecule has 4 rings (SSSR count). The van der Waals surface area contributed by atoms with Gasteiger partial charge in [-0.3, -0.25) is 9.78 Å². The summed E-state index contributed by atoms with van der Waals surface area (Å²) in [5.41, 5.74) is 4.05. The van der Waals surface area contributed by atoms with Gasteiger partial charge in [0.05, 0.1) is 12.8 Å². The summed E-state index contributed by atoms with van der Waals surface area (Å²) in [4.78, 5) is 23.5. The molecular weight excluding hydrogens is 306 g/mol. The molecule has 24 heavy (non-hydrogen) atoms. The Hall–Kier alpha value is -2.83. The van der Waals surface area contributed by atoms with Crippen LogP contribution in [0.4, 0.5) is 11.5 Å². The van der Waals surface area contributed by atoms with E-state index >= 15 is 0 Å². The van der Waals surface area contributed by atoms with Gasteiger partial charge in [-0.1, -0.05) is 6.07 Å². The molecule has 0 saturated carbocycles. The fourth-order valence-electron chi connectivity index (χ4n) is 3.21. The predicted molar refractivity (Wildman–Crippen MR) is 89.9 cm³/mol. The van der Waals surface area contributed by atoms with Crippen molar-refractivity contribution in [3.05, 3.63) is 41.2 Å². The molecule has 2 aliphatic rings. The van der Waals surface area contributed by atoms with Crippen molar-refractivity contribution < 1.29 is 9.53 Å². The summed E-state index contributed by atoms with van der Waals surface area (Å²) in [5.74, 6) is 1.21. The van der Waals surface area contributed by atoms with Gasteiger partial charge in [0.25, 0.3) is 5.91 Å². The fraction of sp³-hybridized carbons (Fsp3) is 0.353. The van der Waals surface area contributed by atoms with Gasteiger partial charge in [-0.05, 0) is 24.1 Å². The molecule has 7 nitrogen and oxygen atoms in total. The van der Waals surface area contributed by atoms with E-state index in [4.69, 9.17) is 4.74 Å². The molecule has 4 heterocycles. The molecule has 0 fully saturated rings. The zero-order valence-electron chi connectivity index (χ0n) is 13.7. The van der Waals surface area contributed by atoms with E-state index in [1.165, 1.54) is 0 Å². The summed E-state index contributed by atoms with van der Waals surface area (Å²) in [6.45, 7) is 3.23. The highest BCUT2D eigenvalue weighted by Crippen LogP contribution is 2.33. The third kappa shape index (κ3) is 2.42. The zero-order chi connectivity index (χ0) is 16.7. The van der Waals surface area contributed by atoms with E-state index in [0.717, 1.165) is 28.9 Å². The first kappa shape index (κ1) is 14.7. The van der Waals surface area contributed by atoms with Crippen LogP contribution in [0.5, 0.6) is 5.88 Å². The molecule has 0 spiro atoms. The molecule has 0 bridgehead atoms. The number of carbonyl (C=O) groups excluding carboxylic acids is 1. The number of hydrogen-bond donors (Lipinski definition) is 2. The van der Waals surface area contributed by atoms with Gasteiger partial charge in [0, 0.05) is 37.5 Å². The second kappa shape index (κ2) is 5.67. The van der Waals surface area contributed by atoms with E-state index in [1.807, 2.05) is 30.0 Å². The number of nitrogens with zero attached hydrogens (tertiary/aromatic N) is 3. The number of aryl methyl sites for hydroxylation is 1. The van der Waals surface area contributed by atoms with E-state index in [9.17, 15) is 4.79 Å². The molecule has 124 valence electrons. The van der Waals surface area contributed by atoms with Crippen molar-refractivity contribution >= 4 is 17.4 Å².